The highest BCUT2D eigenvalue weighted by Gasteiger charge is 2.33. The number of para-hydroxylation sites is 2. The van der Waals surface area contributed by atoms with E-state index in [0.29, 0.717) is 17.6 Å². The summed E-state index contributed by atoms with van der Waals surface area (Å²) < 4.78 is 26.7. The van der Waals surface area contributed by atoms with Crippen LogP contribution in [-0.2, 0) is 16.4 Å². The minimum atomic E-state index is -4.00. The average molecular weight is 443 g/mol. The number of aromatic nitrogens is 2. The van der Waals surface area contributed by atoms with E-state index in [2.05, 4.69) is 15.3 Å². The Balaban J connectivity index is 1.79. The van der Waals surface area contributed by atoms with Crippen molar-refractivity contribution < 1.29 is 8.42 Å². The summed E-state index contributed by atoms with van der Waals surface area (Å²) in [5, 5.41) is 11.6. The van der Waals surface area contributed by atoms with Gasteiger partial charge in [0.05, 0.1) is 22.0 Å². The fraction of sp³-hybridized carbons (Fsp3) is 0.160. The van der Waals surface area contributed by atoms with Crippen molar-refractivity contribution in [2.75, 3.05) is 5.32 Å². The Hall–Kier alpha value is -3.76. The largest absolute Gasteiger partial charge is 0.364 e. The molecule has 1 heterocycles. The third-order valence-corrected chi connectivity index (χ3v) is 7.08. The lowest BCUT2D eigenvalue weighted by Crippen LogP contribution is -2.17. The van der Waals surface area contributed by atoms with Crippen molar-refractivity contribution in [3.05, 3.63) is 95.2 Å². The lowest BCUT2D eigenvalue weighted by molar-refractivity contribution is 0.590. The molecule has 0 amide bonds. The van der Waals surface area contributed by atoms with Crippen LogP contribution in [0.25, 0.3) is 11.0 Å². The van der Waals surface area contributed by atoms with Gasteiger partial charge in [0.2, 0.25) is 9.84 Å². The number of nitrogens with zero attached hydrogens (tertiary/aromatic N) is 3. The number of nitrogens with one attached hydrogen (secondary N) is 1. The van der Waals surface area contributed by atoms with Gasteiger partial charge in [-0.25, -0.2) is 18.4 Å². The van der Waals surface area contributed by atoms with Gasteiger partial charge >= 0.3 is 0 Å². The number of fused-ring (bicyclic) bond motifs is 1. The first-order valence-electron chi connectivity index (χ1n) is 10.1. The number of aryl methyl sites for hydroxylation is 2. The summed E-state index contributed by atoms with van der Waals surface area (Å²) in [6.45, 7) is 4.31. The smallest absolute Gasteiger partial charge is 0.200 e. The summed E-state index contributed by atoms with van der Waals surface area (Å²) in [6, 6.07) is 23.6. The molecule has 0 unspecified atom stereocenters. The van der Waals surface area contributed by atoms with Gasteiger partial charge in [0.1, 0.15) is 5.69 Å². The number of hydrogen-bond acceptors (Lipinski definition) is 6. The fourth-order valence-corrected chi connectivity index (χ4v) is 4.74. The maximum Gasteiger partial charge on any atom is 0.200 e. The molecule has 0 aliphatic heterocycles. The standard InChI is InChI=1S/C25H22N4O2S/c1-17-7-11-19(12-8-17)16-27-25-24(28-21-5-3-4-6-22(21)29-25)23(15-26)32(30,31)20-13-9-18(2)10-14-20/h3-14,23H,16H2,1-2H3,(H,27,29)/t23-/m0/s1. The summed E-state index contributed by atoms with van der Waals surface area (Å²) in [5.41, 5.74) is 4.33. The highest BCUT2D eigenvalue weighted by atomic mass is 32.2. The van der Waals surface area contributed by atoms with Crippen LogP contribution >= 0.6 is 0 Å². The summed E-state index contributed by atoms with van der Waals surface area (Å²) in [4.78, 5) is 9.24. The van der Waals surface area contributed by atoms with Crippen molar-refractivity contribution in [1.82, 2.24) is 9.97 Å². The molecule has 0 aliphatic carbocycles. The predicted octanol–water partition coefficient (Wildman–Crippen LogP) is 4.90. The molecule has 7 heteroatoms. The second-order valence-electron chi connectivity index (χ2n) is 7.65. The van der Waals surface area contributed by atoms with Crippen LogP contribution in [0.15, 0.2) is 77.7 Å². The van der Waals surface area contributed by atoms with Crippen LogP contribution in [-0.4, -0.2) is 18.4 Å². The first-order valence-corrected chi connectivity index (χ1v) is 11.7. The van der Waals surface area contributed by atoms with Gasteiger partial charge in [0.25, 0.3) is 0 Å². The summed E-state index contributed by atoms with van der Waals surface area (Å²) in [5.74, 6) is 0.284. The van der Waals surface area contributed by atoms with Crippen LogP contribution in [0, 0.1) is 25.2 Å². The molecule has 4 aromatic rings. The van der Waals surface area contributed by atoms with E-state index in [0.717, 1.165) is 16.7 Å². The second kappa shape index (κ2) is 8.77. The molecular formula is C25H22N4O2S. The number of anilines is 1. The van der Waals surface area contributed by atoms with Crippen molar-refractivity contribution in [3.63, 3.8) is 0 Å². The lowest BCUT2D eigenvalue weighted by Gasteiger charge is -2.16. The Morgan fingerprint density at radius 3 is 2.03 bits per heavy atom. The van der Waals surface area contributed by atoms with Crippen molar-refractivity contribution in [3.8, 4) is 6.07 Å². The van der Waals surface area contributed by atoms with Gasteiger partial charge in [-0.15, -0.1) is 0 Å². The Labute approximate surface area is 187 Å². The molecule has 1 N–H and O–H groups in total. The molecule has 4 rings (SSSR count). The molecule has 0 saturated carbocycles. The van der Waals surface area contributed by atoms with E-state index in [-0.39, 0.29) is 16.4 Å². The average Bonchev–Trinajstić information content (AvgIpc) is 2.79. The van der Waals surface area contributed by atoms with Crippen molar-refractivity contribution in [1.29, 1.82) is 5.26 Å². The highest BCUT2D eigenvalue weighted by Crippen LogP contribution is 2.32. The van der Waals surface area contributed by atoms with E-state index in [1.54, 1.807) is 30.3 Å². The summed E-state index contributed by atoms with van der Waals surface area (Å²) in [7, 11) is -4.00. The molecule has 0 bridgehead atoms. The molecule has 1 aromatic heterocycles. The monoisotopic (exact) mass is 442 g/mol. The zero-order chi connectivity index (χ0) is 22.7. The zero-order valence-electron chi connectivity index (χ0n) is 17.8. The van der Waals surface area contributed by atoms with E-state index in [4.69, 9.17) is 0 Å². The lowest BCUT2D eigenvalue weighted by atomic mass is 10.1. The molecule has 32 heavy (non-hydrogen) atoms. The quantitative estimate of drug-likeness (QED) is 0.456. The van der Waals surface area contributed by atoms with Gasteiger partial charge in [-0.1, -0.05) is 59.7 Å². The van der Waals surface area contributed by atoms with Gasteiger partial charge in [0, 0.05) is 6.54 Å². The van der Waals surface area contributed by atoms with Gasteiger partial charge in [-0.2, -0.15) is 5.26 Å². The molecule has 0 aliphatic rings. The van der Waals surface area contributed by atoms with Gasteiger partial charge in [-0.05, 0) is 43.7 Å². The van der Waals surface area contributed by atoms with Gasteiger partial charge in [0.15, 0.2) is 11.1 Å². The molecule has 6 nitrogen and oxygen atoms in total. The first kappa shape index (κ1) is 21.5. The molecule has 0 fully saturated rings. The molecule has 0 saturated heterocycles. The van der Waals surface area contributed by atoms with Crippen LogP contribution in [0.5, 0.6) is 0 Å². The number of benzene rings is 3. The first-order chi connectivity index (χ1) is 15.4. The van der Waals surface area contributed by atoms with Crippen molar-refractivity contribution in [2.24, 2.45) is 0 Å². The van der Waals surface area contributed by atoms with Crippen LogP contribution in [0.1, 0.15) is 27.6 Å². The van der Waals surface area contributed by atoms with Gasteiger partial charge < -0.3 is 5.32 Å². The fourth-order valence-electron chi connectivity index (χ4n) is 3.36. The molecule has 1 atom stereocenters. The predicted molar refractivity (Wildman–Crippen MR) is 125 cm³/mol. The third-order valence-electron chi connectivity index (χ3n) is 5.20. The molecular weight excluding hydrogens is 420 g/mol. The number of nitriles is 1. The van der Waals surface area contributed by atoms with E-state index in [1.807, 2.05) is 50.2 Å². The van der Waals surface area contributed by atoms with E-state index < -0.39 is 15.1 Å². The second-order valence-corrected chi connectivity index (χ2v) is 9.69. The third kappa shape index (κ3) is 4.32. The SMILES string of the molecule is Cc1ccc(CNc2nc3ccccc3nc2[C@H](C#N)S(=O)(=O)c2ccc(C)cc2)cc1. The van der Waals surface area contributed by atoms with Crippen LogP contribution in [0.4, 0.5) is 5.82 Å². The Morgan fingerprint density at radius 1 is 0.875 bits per heavy atom. The number of rotatable bonds is 6. The van der Waals surface area contributed by atoms with Crippen LogP contribution in [0.3, 0.4) is 0 Å². The highest BCUT2D eigenvalue weighted by molar-refractivity contribution is 7.92. The summed E-state index contributed by atoms with van der Waals surface area (Å²) >= 11 is 0. The van der Waals surface area contributed by atoms with Gasteiger partial charge in [-0.3, -0.25) is 0 Å². The van der Waals surface area contributed by atoms with E-state index in [1.165, 1.54) is 12.1 Å². The minimum absolute atomic E-state index is 0.0779. The maximum atomic E-state index is 13.4. The Morgan fingerprint density at radius 2 is 1.44 bits per heavy atom. The Kier molecular flexibility index (Phi) is 5.89. The Bertz CT molecular complexity index is 1410. The van der Waals surface area contributed by atoms with Crippen molar-refractivity contribution in [2.45, 2.75) is 30.5 Å². The van der Waals surface area contributed by atoms with Crippen LogP contribution in [0.2, 0.25) is 0 Å². The normalized spacial score (nSPS) is 12.3. The molecule has 0 spiro atoms. The molecule has 0 radical (unpaired) electrons. The van der Waals surface area contributed by atoms with Crippen LogP contribution < -0.4 is 5.32 Å². The molecule has 160 valence electrons. The van der Waals surface area contributed by atoms with E-state index in [9.17, 15) is 13.7 Å². The minimum Gasteiger partial charge on any atom is -0.364 e. The zero-order valence-corrected chi connectivity index (χ0v) is 18.6. The van der Waals surface area contributed by atoms with E-state index >= 15 is 0 Å². The topological polar surface area (TPSA) is 95.7 Å². The number of sulfone groups is 1. The maximum absolute atomic E-state index is 13.4. The molecule has 3 aromatic carbocycles. The van der Waals surface area contributed by atoms with Crippen molar-refractivity contribution >= 4 is 26.7 Å². The number of hydrogen-bond donors (Lipinski definition) is 1. The summed E-state index contributed by atoms with van der Waals surface area (Å²) in [6.07, 6.45) is 0.